The third kappa shape index (κ3) is 1.88. The zero-order valence-electron chi connectivity index (χ0n) is 14.7. The zero-order chi connectivity index (χ0) is 17.8. The van der Waals surface area contributed by atoms with Crippen LogP contribution >= 0.6 is 0 Å². The highest BCUT2D eigenvalue weighted by molar-refractivity contribution is 6.04. The largest absolute Gasteiger partial charge is 0.497 e. The molecule has 6 heteroatoms. The summed E-state index contributed by atoms with van der Waals surface area (Å²) in [5.41, 5.74) is -1.90. The minimum atomic E-state index is -1.16. The highest BCUT2D eigenvalue weighted by Gasteiger charge is 2.75. The molecule has 1 aliphatic heterocycles. The van der Waals surface area contributed by atoms with E-state index >= 15 is 0 Å². The maximum Gasteiger partial charge on any atom is 0.313 e. The van der Waals surface area contributed by atoms with Crippen molar-refractivity contribution in [3.8, 4) is 11.5 Å². The molecule has 0 spiro atoms. The Kier molecular flexibility index (Phi) is 3.55. The summed E-state index contributed by atoms with van der Waals surface area (Å²) in [5.74, 6) is 0.492. The number of amides is 1. The molecule has 1 saturated carbocycles. The van der Waals surface area contributed by atoms with Crippen molar-refractivity contribution in [1.29, 1.82) is 0 Å². The number of anilines is 1. The van der Waals surface area contributed by atoms with Gasteiger partial charge in [0.15, 0.2) is 5.60 Å². The molecule has 0 unspecified atom stereocenters. The lowest BCUT2D eigenvalue weighted by Crippen LogP contribution is -2.50. The Labute approximate surface area is 141 Å². The van der Waals surface area contributed by atoms with E-state index in [9.17, 15) is 9.59 Å². The molecular formula is C18H23NO5. The van der Waals surface area contributed by atoms with E-state index in [1.165, 1.54) is 7.11 Å². The van der Waals surface area contributed by atoms with Gasteiger partial charge in [0.2, 0.25) is 0 Å². The fourth-order valence-electron chi connectivity index (χ4n) is 3.88. The number of fused-ring (bicyclic) bond motifs is 2. The third-order valence-corrected chi connectivity index (χ3v) is 6.11. The van der Waals surface area contributed by atoms with Crippen molar-refractivity contribution >= 4 is 17.6 Å². The molecule has 1 heterocycles. The maximum absolute atomic E-state index is 13.1. The van der Waals surface area contributed by atoms with E-state index in [2.05, 4.69) is 5.32 Å². The van der Waals surface area contributed by atoms with Crippen LogP contribution in [0.2, 0.25) is 0 Å². The van der Waals surface area contributed by atoms with Crippen LogP contribution < -0.4 is 14.8 Å². The predicted octanol–water partition coefficient (Wildman–Crippen LogP) is 2.76. The van der Waals surface area contributed by atoms with E-state index in [-0.39, 0.29) is 11.9 Å². The number of methoxy groups -OCH3 is 2. The second kappa shape index (κ2) is 5.13. The number of hydrogen-bond acceptors (Lipinski definition) is 5. The van der Waals surface area contributed by atoms with Crippen LogP contribution in [-0.2, 0) is 14.3 Å². The van der Waals surface area contributed by atoms with Gasteiger partial charge in [0, 0.05) is 11.5 Å². The number of nitrogens with one attached hydrogen (secondary N) is 1. The molecule has 2 aliphatic rings. The molecule has 1 aromatic rings. The lowest BCUT2D eigenvalue weighted by atomic mass is 9.66. The number of hydrogen-bond donors (Lipinski definition) is 1. The first-order chi connectivity index (χ1) is 11.2. The van der Waals surface area contributed by atoms with E-state index < -0.39 is 16.4 Å². The predicted molar refractivity (Wildman–Crippen MR) is 88.1 cm³/mol. The molecular weight excluding hydrogens is 310 g/mol. The normalized spacial score (nSPS) is 30.0. The monoisotopic (exact) mass is 333 g/mol. The molecule has 2 bridgehead atoms. The minimum absolute atomic E-state index is 0.300. The SMILES string of the molecule is COc1ccc(OC)c(NC(=O)[C@]23CC[C@](C)(C(=O)O2)C3(C)C)c1. The topological polar surface area (TPSA) is 73.9 Å². The van der Waals surface area contributed by atoms with Crippen LogP contribution in [0.4, 0.5) is 5.69 Å². The van der Waals surface area contributed by atoms with Gasteiger partial charge in [-0.2, -0.15) is 0 Å². The molecule has 6 nitrogen and oxygen atoms in total. The summed E-state index contributed by atoms with van der Waals surface area (Å²) in [6.45, 7) is 5.73. The van der Waals surface area contributed by atoms with E-state index in [0.29, 0.717) is 30.0 Å². The summed E-state index contributed by atoms with van der Waals surface area (Å²) in [6.07, 6.45) is 1.15. The zero-order valence-corrected chi connectivity index (χ0v) is 14.7. The van der Waals surface area contributed by atoms with Gasteiger partial charge in [0.1, 0.15) is 11.5 Å². The first-order valence-electron chi connectivity index (χ1n) is 7.99. The van der Waals surface area contributed by atoms with Crippen LogP contribution in [0.5, 0.6) is 11.5 Å². The number of rotatable bonds is 4. The molecule has 24 heavy (non-hydrogen) atoms. The van der Waals surface area contributed by atoms with Crippen LogP contribution in [0.15, 0.2) is 18.2 Å². The Balaban J connectivity index is 1.95. The summed E-state index contributed by atoms with van der Waals surface area (Å²) in [4.78, 5) is 25.4. The molecule has 1 aliphatic carbocycles. The van der Waals surface area contributed by atoms with Crippen molar-refractivity contribution < 1.29 is 23.8 Å². The van der Waals surface area contributed by atoms with Gasteiger partial charge < -0.3 is 19.5 Å². The Morgan fingerprint density at radius 1 is 1.17 bits per heavy atom. The van der Waals surface area contributed by atoms with Crippen molar-refractivity contribution in [2.24, 2.45) is 10.8 Å². The molecule has 1 N–H and O–H groups in total. The van der Waals surface area contributed by atoms with E-state index in [1.54, 1.807) is 25.3 Å². The molecule has 2 fully saturated rings. The molecule has 130 valence electrons. The molecule has 0 radical (unpaired) electrons. The van der Waals surface area contributed by atoms with E-state index in [1.807, 2.05) is 20.8 Å². The van der Waals surface area contributed by atoms with Crippen LogP contribution in [0.3, 0.4) is 0 Å². The molecule has 1 amide bonds. The second-order valence-electron chi connectivity index (χ2n) is 7.19. The third-order valence-electron chi connectivity index (χ3n) is 6.11. The molecule has 1 saturated heterocycles. The van der Waals surface area contributed by atoms with Gasteiger partial charge in [-0.1, -0.05) is 13.8 Å². The van der Waals surface area contributed by atoms with Crippen molar-refractivity contribution in [1.82, 2.24) is 0 Å². The van der Waals surface area contributed by atoms with E-state index in [4.69, 9.17) is 14.2 Å². The van der Waals surface area contributed by atoms with Gasteiger partial charge in [0.05, 0.1) is 25.3 Å². The van der Waals surface area contributed by atoms with Crippen molar-refractivity contribution in [2.75, 3.05) is 19.5 Å². The number of ether oxygens (including phenoxy) is 3. The Morgan fingerprint density at radius 3 is 2.38 bits per heavy atom. The van der Waals surface area contributed by atoms with Crippen LogP contribution in [0.1, 0.15) is 33.6 Å². The Bertz CT molecular complexity index is 713. The summed E-state index contributed by atoms with van der Waals surface area (Å²) in [6, 6.07) is 5.15. The molecule has 0 aromatic heterocycles. The fraction of sp³-hybridized carbons (Fsp3) is 0.556. The lowest BCUT2D eigenvalue weighted by Gasteiger charge is -2.35. The summed E-state index contributed by atoms with van der Waals surface area (Å²) < 4.78 is 16.1. The van der Waals surface area contributed by atoms with Gasteiger partial charge >= 0.3 is 5.97 Å². The average Bonchev–Trinajstić information content (AvgIpc) is 2.85. The van der Waals surface area contributed by atoms with Gasteiger partial charge in [-0.05, 0) is 31.9 Å². The van der Waals surface area contributed by atoms with Crippen LogP contribution in [0.25, 0.3) is 0 Å². The number of esters is 1. The number of benzene rings is 1. The average molecular weight is 333 g/mol. The Hall–Kier alpha value is -2.24. The van der Waals surface area contributed by atoms with Crippen molar-refractivity contribution in [3.63, 3.8) is 0 Å². The minimum Gasteiger partial charge on any atom is -0.497 e. The smallest absolute Gasteiger partial charge is 0.313 e. The standard InChI is InChI=1S/C18H23NO5/c1-16(2)17(3)8-9-18(16,24-15(17)21)14(20)19-12-10-11(22-4)6-7-13(12)23-5/h6-7,10H,8-9H2,1-5H3,(H,19,20)/t17-,18+/m1/s1. The first kappa shape index (κ1) is 16.6. The number of carbonyl (C=O) groups excluding carboxylic acids is 2. The lowest BCUT2D eigenvalue weighted by molar-refractivity contribution is -0.165. The molecule has 1 aromatic carbocycles. The van der Waals surface area contributed by atoms with Gasteiger partial charge in [-0.25, -0.2) is 0 Å². The van der Waals surface area contributed by atoms with Crippen LogP contribution in [0, 0.1) is 10.8 Å². The summed E-state index contributed by atoms with van der Waals surface area (Å²) in [7, 11) is 3.08. The number of carbonyl (C=O) groups is 2. The van der Waals surface area contributed by atoms with Crippen molar-refractivity contribution in [2.45, 2.75) is 39.2 Å². The highest BCUT2D eigenvalue weighted by Crippen LogP contribution is 2.65. The second-order valence-corrected chi connectivity index (χ2v) is 7.19. The Morgan fingerprint density at radius 2 is 1.88 bits per heavy atom. The highest BCUT2D eigenvalue weighted by atomic mass is 16.6. The first-order valence-corrected chi connectivity index (χ1v) is 7.99. The van der Waals surface area contributed by atoms with Crippen molar-refractivity contribution in [3.05, 3.63) is 18.2 Å². The molecule has 2 atom stereocenters. The van der Waals surface area contributed by atoms with Crippen LogP contribution in [-0.4, -0.2) is 31.7 Å². The maximum atomic E-state index is 13.1. The summed E-state index contributed by atoms with van der Waals surface area (Å²) >= 11 is 0. The van der Waals surface area contributed by atoms with Gasteiger partial charge in [-0.15, -0.1) is 0 Å². The quantitative estimate of drug-likeness (QED) is 0.858. The molecule has 3 rings (SSSR count). The summed E-state index contributed by atoms with van der Waals surface area (Å²) in [5, 5.41) is 2.87. The van der Waals surface area contributed by atoms with Gasteiger partial charge in [0.25, 0.3) is 5.91 Å². The van der Waals surface area contributed by atoms with E-state index in [0.717, 1.165) is 0 Å². The van der Waals surface area contributed by atoms with Gasteiger partial charge in [-0.3, -0.25) is 9.59 Å². The fourth-order valence-corrected chi connectivity index (χ4v) is 3.88.